The van der Waals surface area contributed by atoms with Gasteiger partial charge in [-0.25, -0.2) is 0 Å². The predicted molar refractivity (Wildman–Crippen MR) is 100 cm³/mol. The van der Waals surface area contributed by atoms with Crippen LogP contribution in [0.2, 0.25) is 10.2 Å². The normalized spacial score (nSPS) is 10.7. The van der Waals surface area contributed by atoms with Crippen LogP contribution in [-0.4, -0.2) is 37.1 Å². The van der Waals surface area contributed by atoms with Crippen LogP contribution in [0.4, 0.5) is 0 Å². The number of benzene rings is 1. The molecule has 136 valence electrons. The lowest BCUT2D eigenvalue weighted by atomic mass is 10.1. The van der Waals surface area contributed by atoms with Crippen molar-refractivity contribution in [3.8, 4) is 28.4 Å². The molecule has 2 heterocycles. The molecular weight excluding hydrogens is 379 g/mol. The molecule has 0 atom stereocenters. The van der Waals surface area contributed by atoms with Crippen LogP contribution in [0.25, 0.3) is 11.1 Å². The molecule has 3 aromatic rings. The zero-order chi connectivity index (χ0) is 18.8. The highest BCUT2D eigenvalue weighted by Crippen LogP contribution is 2.48. The lowest BCUT2D eigenvalue weighted by Crippen LogP contribution is -2.02. The molecule has 26 heavy (non-hydrogen) atoms. The highest BCUT2D eigenvalue weighted by Gasteiger charge is 2.26. The first-order valence-electron chi connectivity index (χ1n) is 7.57. The van der Waals surface area contributed by atoms with Gasteiger partial charge in [-0.2, -0.15) is 0 Å². The van der Waals surface area contributed by atoms with Crippen molar-refractivity contribution in [1.29, 1.82) is 0 Å². The average molecular weight is 395 g/mol. The monoisotopic (exact) mass is 394 g/mol. The van der Waals surface area contributed by atoms with Gasteiger partial charge in [0.15, 0.2) is 11.5 Å². The molecule has 0 saturated carbocycles. The number of H-pyrrole nitrogens is 2. The lowest BCUT2D eigenvalue weighted by molar-refractivity contribution is 0.103. The van der Waals surface area contributed by atoms with Gasteiger partial charge < -0.3 is 24.2 Å². The van der Waals surface area contributed by atoms with Crippen LogP contribution in [-0.2, 0) is 0 Å². The fourth-order valence-corrected chi connectivity index (χ4v) is 3.41. The Morgan fingerprint density at radius 3 is 2.31 bits per heavy atom. The molecular formula is C18H16Cl2N2O4. The van der Waals surface area contributed by atoms with Gasteiger partial charge in [0.25, 0.3) is 0 Å². The number of carbonyl (C=O) groups excluding carboxylic acids is 1. The number of aromatic amines is 2. The fraction of sp³-hybridized carbons (Fsp3) is 0.167. The maximum Gasteiger partial charge on any atom is 0.226 e. The Labute approximate surface area is 160 Å². The first kappa shape index (κ1) is 18.2. The van der Waals surface area contributed by atoms with Gasteiger partial charge in [-0.15, -0.1) is 0 Å². The second-order valence-corrected chi connectivity index (χ2v) is 6.05. The Balaban J connectivity index is 2.18. The molecule has 3 rings (SSSR count). The number of nitrogens with one attached hydrogen (secondary N) is 2. The summed E-state index contributed by atoms with van der Waals surface area (Å²) in [6, 6.07) is 6.83. The minimum atomic E-state index is -0.299. The smallest absolute Gasteiger partial charge is 0.226 e. The molecule has 0 unspecified atom stereocenters. The number of ether oxygens (including phenoxy) is 3. The Morgan fingerprint density at radius 2 is 1.73 bits per heavy atom. The van der Waals surface area contributed by atoms with Crippen molar-refractivity contribution in [2.24, 2.45) is 0 Å². The molecule has 0 bridgehead atoms. The van der Waals surface area contributed by atoms with Crippen LogP contribution in [0.15, 0.2) is 30.5 Å². The largest absolute Gasteiger partial charge is 0.493 e. The number of halogens is 2. The van der Waals surface area contributed by atoms with Crippen molar-refractivity contribution < 1.29 is 19.0 Å². The molecule has 0 aliphatic rings. The quantitative estimate of drug-likeness (QED) is 0.600. The van der Waals surface area contributed by atoms with E-state index in [0.717, 1.165) is 0 Å². The Hall–Kier alpha value is -2.57. The van der Waals surface area contributed by atoms with Gasteiger partial charge in [0.2, 0.25) is 11.5 Å². The van der Waals surface area contributed by atoms with Crippen molar-refractivity contribution >= 4 is 29.0 Å². The van der Waals surface area contributed by atoms with E-state index >= 15 is 0 Å². The van der Waals surface area contributed by atoms with Crippen molar-refractivity contribution in [1.82, 2.24) is 9.97 Å². The summed E-state index contributed by atoms with van der Waals surface area (Å²) >= 11 is 12.9. The van der Waals surface area contributed by atoms with E-state index in [-0.39, 0.29) is 21.7 Å². The molecule has 0 radical (unpaired) electrons. The maximum absolute atomic E-state index is 12.6. The fourth-order valence-electron chi connectivity index (χ4n) is 2.75. The molecule has 2 N–H and O–H groups in total. The summed E-state index contributed by atoms with van der Waals surface area (Å²) in [6.45, 7) is 0. The van der Waals surface area contributed by atoms with Crippen molar-refractivity contribution in [3.63, 3.8) is 0 Å². The van der Waals surface area contributed by atoms with Gasteiger partial charge >= 0.3 is 0 Å². The highest BCUT2D eigenvalue weighted by molar-refractivity contribution is 6.42. The second kappa shape index (κ2) is 7.35. The number of ketones is 1. The van der Waals surface area contributed by atoms with E-state index in [2.05, 4.69) is 9.97 Å². The number of hydrogen-bond acceptors (Lipinski definition) is 4. The SMILES string of the molecule is COc1ccc(-c2c(Cl)[nH]c(C(=O)c3ccc[nH]3)c2Cl)c(OC)c1OC. The summed E-state index contributed by atoms with van der Waals surface area (Å²) < 4.78 is 16.2. The summed E-state index contributed by atoms with van der Waals surface area (Å²) in [7, 11) is 4.53. The molecule has 0 amide bonds. The Bertz CT molecular complexity index is 949. The minimum Gasteiger partial charge on any atom is -0.493 e. The van der Waals surface area contributed by atoms with E-state index < -0.39 is 0 Å². The van der Waals surface area contributed by atoms with Crippen LogP contribution < -0.4 is 14.2 Å². The Morgan fingerprint density at radius 1 is 1.00 bits per heavy atom. The van der Waals surface area contributed by atoms with E-state index in [1.807, 2.05) is 0 Å². The summed E-state index contributed by atoms with van der Waals surface area (Å²) in [4.78, 5) is 18.3. The van der Waals surface area contributed by atoms with Gasteiger partial charge in [-0.3, -0.25) is 4.79 Å². The third-order valence-electron chi connectivity index (χ3n) is 3.94. The zero-order valence-electron chi connectivity index (χ0n) is 14.3. The van der Waals surface area contributed by atoms with Crippen LogP contribution in [0.5, 0.6) is 17.2 Å². The van der Waals surface area contributed by atoms with Crippen molar-refractivity contribution in [3.05, 3.63) is 52.0 Å². The van der Waals surface area contributed by atoms with Crippen molar-refractivity contribution in [2.45, 2.75) is 0 Å². The van der Waals surface area contributed by atoms with Crippen LogP contribution in [0, 0.1) is 0 Å². The number of rotatable bonds is 6. The van der Waals surface area contributed by atoms with E-state index in [9.17, 15) is 4.79 Å². The van der Waals surface area contributed by atoms with Gasteiger partial charge in [-0.05, 0) is 24.3 Å². The van der Waals surface area contributed by atoms with Crippen LogP contribution in [0.1, 0.15) is 16.2 Å². The van der Waals surface area contributed by atoms with Gasteiger partial charge in [0.1, 0.15) is 10.8 Å². The van der Waals surface area contributed by atoms with Crippen LogP contribution >= 0.6 is 23.2 Å². The van der Waals surface area contributed by atoms with Crippen LogP contribution in [0.3, 0.4) is 0 Å². The molecule has 2 aromatic heterocycles. The molecule has 0 spiro atoms. The maximum atomic E-state index is 12.6. The van der Waals surface area contributed by atoms with Gasteiger partial charge in [-0.1, -0.05) is 23.2 Å². The topological polar surface area (TPSA) is 76.3 Å². The molecule has 0 aliphatic carbocycles. The number of methoxy groups -OCH3 is 3. The molecule has 0 aliphatic heterocycles. The summed E-state index contributed by atoms with van der Waals surface area (Å²) in [5.74, 6) is 0.998. The molecule has 6 nitrogen and oxygen atoms in total. The third kappa shape index (κ3) is 2.91. The summed E-state index contributed by atoms with van der Waals surface area (Å²) in [5, 5.41) is 0.413. The van der Waals surface area contributed by atoms with Gasteiger partial charge in [0.05, 0.1) is 32.0 Å². The molecule has 8 heteroatoms. The average Bonchev–Trinajstić information content (AvgIpc) is 3.28. The number of aromatic nitrogens is 2. The zero-order valence-corrected chi connectivity index (χ0v) is 15.8. The minimum absolute atomic E-state index is 0.186. The van der Waals surface area contributed by atoms with E-state index in [1.54, 1.807) is 30.5 Å². The predicted octanol–water partition coefficient (Wildman–Crippen LogP) is 4.57. The third-order valence-corrected chi connectivity index (χ3v) is 4.60. The summed E-state index contributed by atoms with van der Waals surface area (Å²) in [5.41, 5.74) is 1.60. The first-order valence-corrected chi connectivity index (χ1v) is 8.33. The number of carbonyl (C=O) groups is 1. The lowest BCUT2D eigenvalue weighted by Gasteiger charge is -2.15. The summed E-state index contributed by atoms with van der Waals surface area (Å²) in [6.07, 6.45) is 1.66. The molecule has 1 aromatic carbocycles. The van der Waals surface area contributed by atoms with E-state index in [0.29, 0.717) is 34.1 Å². The van der Waals surface area contributed by atoms with Gasteiger partial charge in [0, 0.05) is 17.3 Å². The van der Waals surface area contributed by atoms with E-state index in [4.69, 9.17) is 37.4 Å². The molecule has 0 fully saturated rings. The standard InChI is InChI=1S/C18H16Cl2N2O4/c1-24-11-7-6-9(16(25-2)17(11)26-3)12-13(19)14(22-18(12)20)15(23)10-5-4-8-21-10/h4-8,21-22H,1-3H3. The second-order valence-electron chi connectivity index (χ2n) is 5.30. The first-order chi connectivity index (χ1) is 12.5. The molecule has 0 saturated heterocycles. The van der Waals surface area contributed by atoms with E-state index in [1.165, 1.54) is 21.3 Å². The highest BCUT2D eigenvalue weighted by atomic mass is 35.5. The van der Waals surface area contributed by atoms with Crippen molar-refractivity contribution in [2.75, 3.05) is 21.3 Å². The Kier molecular flexibility index (Phi) is 5.15. The number of hydrogen-bond donors (Lipinski definition) is 2.